The van der Waals surface area contributed by atoms with Crippen LogP contribution in [-0.2, 0) is 15.1 Å². The zero-order valence-corrected chi connectivity index (χ0v) is 19.1. The summed E-state index contributed by atoms with van der Waals surface area (Å²) < 4.78 is 12.6. The highest BCUT2D eigenvalue weighted by atomic mass is 79.9. The van der Waals surface area contributed by atoms with Gasteiger partial charge in [-0.15, -0.1) is 0 Å². The second-order valence-corrected chi connectivity index (χ2v) is 8.45. The van der Waals surface area contributed by atoms with Crippen molar-refractivity contribution in [1.29, 1.82) is 0 Å². The number of alkyl halides is 2. The van der Waals surface area contributed by atoms with Gasteiger partial charge in [0.05, 0.1) is 12.2 Å². The fourth-order valence-corrected chi connectivity index (χ4v) is 4.27. The molecule has 1 aromatic rings. The third kappa shape index (κ3) is 6.10. The zero-order valence-electron chi connectivity index (χ0n) is 15.9. The molecule has 1 unspecified atom stereocenters. The maximum Gasteiger partial charge on any atom is 0.123 e. The van der Waals surface area contributed by atoms with Crippen LogP contribution in [0.2, 0.25) is 0 Å². The molecule has 0 N–H and O–H groups in total. The van der Waals surface area contributed by atoms with Crippen LogP contribution in [0.15, 0.2) is 30.3 Å². The lowest BCUT2D eigenvalue weighted by Gasteiger charge is -2.37. The monoisotopic (exact) mass is 486 g/mol. The Bertz CT molecular complexity index is 559. The average molecular weight is 488 g/mol. The van der Waals surface area contributed by atoms with E-state index in [4.69, 9.17) is 9.47 Å². The molecule has 0 amide bonds. The van der Waals surface area contributed by atoms with Crippen LogP contribution in [0, 0.1) is 0 Å². The summed E-state index contributed by atoms with van der Waals surface area (Å²) in [4.78, 5) is 0. The molecule has 0 saturated heterocycles. The molecule has 1 aliphatic rings. The Morgan fingerprint density at radius 1 is 0.923 bits per heavy atom. The number of hydrogen-bond donors (Lipinski definition) is 0. The zero-order chi connectivity index (χ0) is 18.7. The molecule has 146 valence electrons. The summed E-state index contributed by atoms with van der Waals surface area (Å²) in [6.07, 6.45) is 11.2. The minimum absolute atomic E-state index is 0.201. The van der Waals surface area contributed by atoms with E-state index >= 15 is 0 Å². The van der Waals surface area contributed by atoms with Crippen LogP contribution in [0.5, 0.6) is 0 Å². The first-order valence-corrected chi connectivity index (χ1v) is 12.2. The highest BCUT2D eigenvalue weighted by Gasteiger charge is 2.36. The molecule has 0 heterocycles. The molecule has 26 heavy (non-hydrogen) atoms. The van der Waals surface area contributed by atoms with Crippen molar-refractivity contribution in [2.45, 2.75) is 63.9 Å². The van der Waals surface area contributed by atoms with Gasteiger partial charge in [-0.25, -0.2) is 0 Å². The fraction of sp³-hybridized carbons (Fsp3) is 0.636. The van der Waals surface area contributed by atoms with E-state index in [1.165, 1.54) is 36.8 Å². The van der Waals surface area contributed by atoms with Crippen LogP contribution in [-0.4, -0.2) is 23.9 Å². The summed E-state index contributed by atoms with van der Waals surface area (Å²) in [5.74, 6) is 1.03. The van der Waals surface area contributed by atoms with Crippen molar-refractivity contribution >= 4 is 37.6 Å². The molecule has 0 aliphatic heterocycles. The van der Waals surface area contributed by atoms with Crippen LogP contribution < -0.4 is 0 Å². The highest BCUT2D eigenvalue weighted by molar-refractivity contribution is 9.09. The van der Waals surface area contributed by atoms with Gasteiger partial charge in [0.15, 0.2) is 0 Å². The number of unbranched alkanes of at least 4 members (excludes halogenated alkanes) is 4. The normalized spacial score (nSPS) is 19.1. The Hall–Kier alpha value is -0.320. The van der Waals surface area contributed by atoms with Gasteiger partial charge in [-0.1, -0.05) is 69.5 Å². The van der Waals surface area contributed by atoms with Crippen molar-refractivity contribution in [3.05, 3.63) is 41.5 Å². The molecule has 1 aliphatic carbocycles. The first kappa shape index (κ1) is 22.0. The molecular weight excluding hydrogens is 456 g/mol. The SMILES string of the molecule is CCC1(OCCCCCBr)CC=C(OCCCCCBr)c2ccccc21. The first-order chi connectivity index (χ1) is 12.8. The van der Waals surface area contributed by atoms with Crippen molar-refractivity contribution in [3.63, 3.8) is 0 Å². The van der Waals surface area contributed by atoms with Gasteiger partial charge >= 0.3 is 0 Å². The second-order valence-electron chi connectivity index (χ2n) is 6.86. The van der Waals surface area contributed by atoms with Crippen molar-refractivity contribution < 1.29 is 9.47 Å². The molecule has 1 aromatic carbocycles. The van der Waals surface area contributed by atoms with E-state index in [-0.39, 0.29) is 5.60 Å². The average Bonchev–Trinajstić information content (AvgIpc) is 2.68. The van der Waals surface area contributed by atoms with Crippen LogP contribution in [0.3, 0.4) is 0 Å². The lowest BCUT2D eigenvalue weighted by molar-refractivity contribution is -0.0551. The molecule has 0 saturated carbocycles. The molecule has 2 nitrogen and oxygen atoms in total. The predicted octanol–water partition coefficient (Wildman–Crippen LogP) is 7.20. The highest BCUT2D eigenvalue weighted by Crippen LogP contribution is 2.43. The third-order valence-corrected chi connectivity index (χ3v) is 6.19. The Morgan fingerprint density at radius 2 is 1.62 bits per heavy atom. The molecular formula is C22H32Br2O2. The van der Waals surface area contributed by atoms with Gasteiger partial charge in [-0.2, -0.15) is 0 Å². The smallest absolute Gasteiger partial charge is 0.123 e. The number of fused-ring (bicyclic) bond motifs is 1. The van der Waals surface area contributed by atoms with E-state index < -0.39 is 0 Å². The lowest BCUT2D eigenvalue weighted by atomic mass is 9.80. The number of rotatable bonds is 13. The Labute approximate surface area is 176 Å². The summed E-state index contributed by atoms with van der Waals surface area (Å²) in [6.45, 7) is 3.85. The standard InChI is InChI=1S/C22H32Br2O2/c1-2-22(26-18-10-4-8-16-24)14-13-21(25-17-9-3-7-15-23)19-11-5-6-12-20(19)22/h5-6,11-13H,2-4,7-10,14-18H2,1H3. The minimum atomic E-state index is -0.201. The van der Waals surface area contributed by atoms with Gasteiger partial charge in [0.1, 0.15) is 5.76 Å². The summed E-state index contributed by atoms with van der Waals surface area (Å²) >= 11 is 6.99. The molecule has 2 rings (SSSR count). The molecule has 0 fully saturated rings. The van der Waals surface area contributed by atoms with Gasteiger partial charge in [-0.05, 0) is 50.2 Å². The van der Waals surface area contributed by atoms with Crippen molar-refractivity contribution in [2.24, 2.45) is 0 Å². The molecule has 0 spiro atoms. The summed E-state index contributed by atoms with van der Waals surface area (Å²) in [5, 5.41) is 2.15. The molecule has 1 atom stereocenters. The Kier molecular flexibility index (Phi) is 10.3. The largest absolute Gasteiger partial charge is 0.493 e. The molecule has 0 aromatic heterocycles. The quantitative estimate of drug-likeness (QED) is 0.216. The van der Waals surface area contributed by atoms with E-state index in [1.807, 2.05) is 0 Å². The third-order valence-electron chi connectivity index (χ3n) is 5.06. The number of benzene rings is 1. The van der Waals surface area contributed by atoms with Gasteiger partial charge in [0.25, 0.3) is 0 Å². The van der Waals surface area contributed by atoms with E-state index in [2.05, 4.69) is 69.1 Å². The maximum absolute atomic E-state index is 6.48. The van der Waals surface area contributed by atoms with E-state index in [0.29, 0.717) is 0 Å². The van der Waals surface area contributed by atoms with E-state index in [0.717, 1.165) is 55.3 Å². The van der Waals surface area contributed by atoms with Gasteiger partial charge < -0.3 is 9.47 Å². The molecule has 0 radical (unpaired) electrons. The van der Waals surface area contributed by atoms with Crippen LogP contribution in [0.1, 0.15) is 69.4 Å². The van der Waals surface area contributed by atoms with Gasteiger partial charge in [0.2, 0.25) is 0 Å². The van der Waals surface area contributed by atoms with Crippen molar-refractivity contribution in [2.75, 3.05) is 23.9 Å². The number of halogens is 2. The number of ether oxygens (including phenoxy) is 2. The van der Waals surface area contributed by atoms with Gasteiger partial charge in [0, 0.05) is 29.3 Å². The first-order valence-electron chi connectivity index (χ1n) is 9.96. The van der Waals surface area contributed by atoms with E-state index in [9.17, 15) is 0 Å². The van der Waals surface area contributed by atoms with Crippen LogP contribution >= 0.6 is 31.9 Å². The number of hydrogen-bond acceptors (Lipinski definition) is 2. The maximum atomic E-state index is 6.48. The van der Waals surface area contributed by atoms with Crippen molar-refractivity contribution in [3.8, 4) is 0 Å². The van der Waals surface area contributed by atoms with Gasteiger partial charge in [-0.3, -0.25) is 0 Å². The fourth-order valence-electron chi connectivity index (χ4n) is 3.48. The predicted molar refractivity (Wildman–Crippen MR) is 118 cm³/mol. The van der Waals surface area contributed by atoms with Crippen molar-refractivity contribution in [1.82, 2.24) is 0 Å². The molecule has 0 bridgehead atoms. The minimum Gasteiger partial charge on any atom is -0.493 e. The summed E-state index contributed by atoms with van der Waals surface area (Å²) in [5.41, 5.74) is 2.30. The topological polar surface area (TPSA) is 18.5 Å². The lowest BCUT2D eigenvalue weighted by Crippen LogP contribution is -2.32. The Morgan fingerprint density at radius 3 is 2.31 bits per heavy atom. The Balaban J connectivity index is 2.02. The summed E-state index contributed by atoms with van der Waals surface area (Å²) in [6, 6.07) is 8.62. The van der Waals surface area contributed by atoms with Crippen LogP contribution in [0.4, 0.5) is 0 Å². The van der Waals surface area contributed by atoms with Crippen LogP contribution in [0.25, 0.3) is 5.76 Å². The second kappa shape index (κ2) is 12.2. The summed E-state index contributed by atoms with van der Waals surface area (Å²) in [7, 11) is 0. The molecule has 4 heteroatoms. The van der Waals surface area contributed by atoms with E-state index in [1.54, 1.807) is 0 Å².